The Hall–Kier alpha value is -4.08. The predicted molar refractivity (Wildman–Crippen MR) is 263 cm³/mol. The quantitative estimate of drug-likeness (QED) is 0.0976. The summed E-state index contributed by atoms with van der Waals surface area (Å²) in [4.78, 5) is 27.7. The molecule has 0 spiro atoms. The van der Waals surface area contributed by atoms with Crippen molar-refractivity contribution in [3.8, 4) is 0 Å². The van der Waals surface area contributed by atoms with Crippen molar-refractivity contribution in [3.05, 3.63) is 132 Å². The fourth-order valence-corrected chi connectivity index (χ4v) is 19.5. The van der Waals surface area contributed by atoms with E-state index in [1.54, 1.807) is 0 Å². The molecule has 8 heteroatoms. The molecule has 1 unspecified atom stereocenters. The van der Waals surface area contributed by atoms with Gasteiger partial charge in [-0.1, -0.05) is 152 Å². The summed E-state index contributed by atoms with van der Waals surface area (Å²) in [7, 11) is -2.78. The van der Waals surface area contributed by atoms with Crippen LogP contribution in [0.3, 0.4) is 0 Å². The van der Waals surface area contributed by atoms with E-state index in [0.717, 1.165) is 51.4 Å². The summed E-state index contributed by atoms with van der Waals surface area (Å²) in [5.41, 5.74) is 1.04. The fourth-order valence-electron chi connectivity index (χ4n) is 14.8. The lowest BCUT2D eigenvalue weighted by atomic mass is 9.43. The van der Waals surface area contributed by atoms with E-state index in [-0.39, 0.29) is 94.7 Å². The molecule has 0 bridgehead atoms. The van der Waals surface area contributed by atoms with Crippen molar-refractivity contribution in [1.29, 1.82) is 0 Å². The van der Waals surface area contributed by atoms with Gasteiger partial charge in [0.25, 0.3) is 8.32 Å². The highest BCUT2D eigenvalue weighted by atomic mass is 28.4. The fraction of sp³-hybridized carbons (Fsp3) is 0.552. The van der Waals surface area contributed by atoms with Crippen molar-refractivity contribution >= 4 is 30.6 Å². The Kier molecular flexibility index (Phi) is 13.4. The highest BCUT2D eigenvalue weighted by Crippen LogP contribution is 2.70. The molecule has 4 saturated carbocycles. The largest absolute Gasteiger partial charge is 0.459 e. The molecular formula is C58H74O7Si. The summed E-state index contributed by atoms with van der Waals surface area (Å²) >= 11 is 0. The van der Waals surface area contributed by atoms with Gasteiger partial charge in [-0.05, 0) is 137 Å². The second kappa shape index (κ2) is 18.8. The van der Waals surface area contributed by atoms with Crippen LogP contribution in [-0.2, 0) is 23.4 Å². The van der Waals surface area contributed by atoms with Crippen molar-refractivity contribution < 1.29 is 33.0 Å². The van der Waals surface area contributed by atoms with Crippen LogP contribution in [0, 0.1) is 52.3 Å². The number of hydrogen-bond donors (Lipinski definition) is 0. The van der Waals surface area contributed by atoms with Gasteiger partial charge in [0, 0.05) is 12.0 Å². The third-order valence-corrected chi connectivity index (χ3v) is 22.7. The molecule has 1 heterocycles. The summed E-state index contributed by atoms with van der Waals surface area (Å²) in [6, 6.07) is 40.9. The topological polar surface area (TPSA) is 80.3 Å². The zero-order valence-corrected chi connectivity index (χ0v) is 41.7. The molecule has 0 amide bonds. The monoisotopic (exact) mass is 911 g/mol. The molecule has 1 aliphatic heterocycles. The molecule has 4 aliphatic carbocycles. The van der Waals surface area contributed by atoms with Crippen LogP contribution in [0.4, 0.5) is 0 Å². The lowest BCUT2D eigenvalue weighted by Gasteiger charge is -2.64. The van der Waals surface area contributed by atoms with Crippen LogP contribution in [0.15, 0.2) is 121 Å². The van der Waals surface area contributed by atoms with Crippen molar-refractivity contribution in [2.75, 3.05) is 6.79 Å². The molecule has 0 N–H and O–H groups in total. The van der Waals surface area contributed by atoms with Gasteiger partial charge < -0.3 is 23.4 Å². The molecule has 4 aromatic rings. The van der Waals surface area contributed by atoms with Crippen molar-refractivity contribution in [2.24, 2.45) is 52.3 Å². The first-order chi connectivity index (χ1) is 31.6. The summed E-state index contributed by atoms with van der Waals surface area (Å²) in [6.45, 7) is 19.2. The molecule has 7 nitrogen and oxygen atoms in total. The molecule has 0 radical (unpaired) electrons. The number of benzene rings is 4. The summed E-state index contributed by atoms with van der Waals surface area (Å²) in [5, 5.41) is 2.52. The number of hydrogen-bond acceptors (Lipinski definition) is 7. The van der Waals surface area contributed by atoms with E-state index < -0.39 is 8.32 Å². The summed E-state index contributed by atoms with van der Waals surface area (Å²) in [6.07, 6.45) is 6.86. The van der Waals surface area contributed by atoms with Gasteiger partial charge in [-0.2, -0.15) is 0 Å². The van der Waals surface area contributed by atoms with Crippen molar-refractivity contribution in [2.45, 2.75) is 142 Å². The van der Waals surface area contributed by atoms with Gasteiger partial charge in [0.1, 0.15) is 19.0 Å². The molecule has 0 aromatic heterocycles. The third kappa shape index (κ3) is 8.56. The number of carbonyl (C=O) groups is 2. The minimum Gasteiger partial charge on any atom is -0.459 e. The summed E-state index contributed by atoms with van der Waals surface area (Å²) in [5.74, 6) is 1.22. The van der Waals surface area contributed by atoms with Gasteiger partial charge in [-0.25, -0.2) is 9.59 Å². The van der Waals surface area contributed by atoms with E-state index in [0.29, 0.717) is 23.0 Å². The Morgan fingerprint density at radius 3 is 1.80 bits per heavy atom. The van der Waals surface area contributed by atoms with Crippen LogP contribution in [0.5, 0.6) is 0 Å². The maximum absolute atomic E-state index is 14.2. The average Bonchev–Trinajstić information content (AvgIpc) is 3.91. The van der Waals surface area contributed by atoms with E-state index in [1.807, 2.05) is 60.7 Å². The van der Waals surface area contributed by atoms with Gasteiger partial charge in [0.05, 0.1) is 23.3 Å². The van der Waals surface area contributed by atoms with Crippen LogP contribution < -0.4 is 10.4 Å². The van der Waals surface area contributed by atoms with Gasteiger partial charge in [-0.3, -0.25) is 0 Å². The number of esters is 2. The highest BCUT2D eigenvalue weighted by molar-refractivity contribution is 6.99. The van der Waals surface area contributed by atoms with Crippen LogP contribution in [0.1, 0.15) is 127 Å². The minimum atomic E-state index is -2.78. The lowest BCUT2D eigenvalue weighted by Crippen LogP contribution is -2.69. The first-order valence-corrected chi connectivity index (χ1v) is 27.1. The van der Waals surface area contributed by atoms with E-state index in [4.69, 9.17) is 23.4 Å². The van der Waals surface area contributed by atoms with E-state index in [9.17, 15) is 9.59 Å². The SMILES string of the molecule is CC(C)C[C@H](C[C@@H](C)[C@H]1C[C@@H](OC(=O)c2ccccc2)[C@H]2[C@@H]3[C@H]4OCO[C@@H]4C4C[C@@H](O[Si](c5ccccc5)(c5ccccc5)C(C)(C)C)CC[C@]4(C)[C@H]3CC[C@@]21C)OC(=O)c1ccccc1. The van der Waals surface area contributed by atoms with Crippen LogP contribution in [0.25, 0.3) is 0 Å². The van der Waals surface area contributed by atoms with E-state index in [2.05, 4.69) is 116 Å². The molecule has 5 fully saturated rings. The van der Waals surface area contributed by atoms with E-state index >= 15 is 0 Å². The van der Waals surface area contributed by atoms with Gasteiger partial charge in [-0.15, -0.1) is 0 Å². The zero-order chi connectivity index (χ0) is 46.4. The zero-order valence-electron chi connectivity index (χ0n) is 40.7. The molecule has 5 aliphatic rings. The molecule has 9 rings (SSSR count). The Labute approximate surface area is 395 Å². The number of rotatable bonds is 13. The molecule has 13 atom stereocenters. The number of carbonyl (C=O) groups excluding carboxylic acids is 2. The molecular weight excluding hydrogens is 837 g/mol. The van der Waals surface area contributed by atoms with Crippen LogP contribution in [0.2, 0.25) is 5.04 Å². The molecule has 352 valence electrons. The smallest absolute Gasteiger partial charge is 0.338 e. The maximum atomic E-state index is 14.2. The lowest BCUT2D eigenvalue weighted by molar-refractivity contribution is -0.198. The molecule has 1 saturated heterocycles. The Morgan fingerprint density at radius 1 is 0.682 bits per heavy atom. The average molecular weight is 911 g/mol. The van der Waals surface area contributed by atoms with Crippen molar-refractivity contribution in [1.82, 2.24) is 0 Å². The Balaban J connectivity index is 1.03. The second-order valence-electron chi connectivity index (χ2n) is 22.8. The minimum absolute atomic E-state index is 0.00213. The highest BCUT2D eigenvalue weighted by Gasteiger charge is 2.70. The van der Waals surface area contributed by atoms with Crippen LogP contribution in [-0.4, -0.2) is 57.6 Å². The third-order valence-electron chi connectivity index (χ3n) is 17.6. The normalized spacial score (nSPS) is 32.6. The van der Waals surface area contributed by atoms with Gasteiger partial charge in [0.15, 0.2) is 0 Å². The first-order valence-electron chi connectivity index (χ1n) is 25.2. The molecule has 66 heavy (non-hydrogen) atoms. The maximum Gasteiger partial charge on any atom is 0.338 e. The van der Waals surface area contributed by atoms with Crippen molar-refractivity contribution in [3.63, 3.8) is 0 Å². The van der Waals surface area contributed by atoms with Gasteiger partial charge in [0.2, 0.25) is 0 Å². The predicted octanol–water partition coefficient (Wildman–Crippen LogP) is 11.7. The Bertz CT molecular complexity index is 2220. The second-order valence-corrected chi connectivity index (χ2v) is 27.1. The first kappa shape index (κ1) is 47.0. The standard InChI is InChI=1S/C58H74O7Si/c1-38(2)33-43(63-54(59)40-21-13-9-14-22-40)34-39(3)47-36-49(64-55(60)41-23-15-10-16-24-41)51-50-46(30-32-58(47,51)8)57(7)31-29-42(35-48(57)52-53(50)62-37-61-52)65-66(56(4,5)6,44-25-17-11-18-26-44)45-27-19-12-20-28-45/h9-28,38-39,42-43,46-53H,29-37H2,1-8H3/t39-,42+,43-,46+,47-,48?,49-,50-,51+,52-,53-,57-,58-/m1/s1. The van der Waals surface area contributed by atoms with Crippen LogP contribution >= 0.6 is 0 Å². The Morgan fingerprint density at radius 2 is 1.23 bits per heavy atom. The number of ether oxygens (including phenoxy) is 4. The van der Waals surface area contributed by atoms with Gasteiger partial charge >= 0.3 is 11.9 Å². The molecule has 4 aromatic carbocycles. The summed E-state index contributed by atoms with van der Waals surface area (Å²) < 4.78 is 34.8. The van der Waals surface area contributed by atoms with E-state index in [1.165, 1.54) is 10.4 Å². The number of fused-ring (bicyclic) bond motifs is 8.